The largest absolute Gasteiger partial charge is 0.356 e. The van der Waals surface area contributed by atoms with Crippen LogP contribution in [0.5, 0.6) is 0 Å². The third-order valence-electron chi connectivity index (χ3n) is 3.85. The van der Waals surface area contributed by atoms with Crippen LogP contribution in [-0.2, 0) is 13.0 Å². The Morgan fingerprint density at radius 1 is 1.08 bits per heavy atom. The SMILES string of the molecule is CN=C(NCCc1ccc(F)cc1)NCc1csc(-c2ccccc2)n1. The molecule has 0 amide bonds. The predicted octanol–water partition coefficient (Wildman–Crippen LogP) is 3.86. The lowest BCUT2D eigenvalue weighted by Crippen LogP contribution is -2.37. The van der Waals surface area contributed by atoms with Crippen LogP contribution in [0.2, 0.25) is 0 Å². The molecule has 4 nitrogen and oxygen atoms in total. The molecular formula is C20H21FN4S. The van der Waals surface area contributed by atoms with Gasteiger partial charge in [-0.05, 0) is 24.1 Å². The van der Waals surface area contributed by atoms with Crippen molar-refractivity contribution in [1.29, 1.82) is 0 Å². The lowest BCUT2D eigenvalue weighted by Gasteiger charge is -2.11. The van der Waals surface area contributed by atoms with Gasteiger partial charge in [-0.1, -0.05) is 42.5 Å². The first-order chi connectivity index (χ1) is 12.7. The summed E-state index contributed by atoms with van der Waals surface area (Å²) in [4.78, 5) is 8.88. The highest BCUT2D eigenvalue weighted by Crippen LogP contribution is 2.23. The molecular weight excluding hydrogens is 347 g/mol. The van der Waals surface area contributed by atoms with E-state index in [9.17, 15) is 4.39 Å². The smallest absolute Gasteiger partial charge is 0.191 e. The number of nitrogens with zero attached hydrogens (tertiary/aromatic N) is 2. The number of benzene rings is 2. The minimum Gasteiger partial charge on any atom is -0.356 e. The second-order valence-electron chi connectivity index (χ2n) is 5.74. The number of nitrogens with one attached hydrogen (secondary N) is 2. The lowest BCUT2D eigenvalue weighted by atomic mass is 10.1. The van der Waals surface area contributed by atoms with Crippen LogP contribution in [0.25, 0.3) is 10.6 Å². The number of hydrogen-bond donors (Lipinski definition) is 2. The molecule has 0 spiro atoms. The van der Waals surface area contributed by atoms with Crippen LogP contribution in [0.4, 0.5) is 4.39 Å². The average Bonchev–Trinajstić information content (AvgIpc) is 3.16. The van der Waals surface area contributed by atoms with Crippen LogP contribution in [-0.4, -0.2) is 24.5 Å². The minimum absolute atomic E-state index is 0.211. The minimum atomic E-state index is -0.211. The summed E-state index contributed by atoms with van der Waals surface area (Å²) in [6.45, 7) is 1.33. The Balaban J connectivity index is 1.47. The number of halogens is 1. The Bertz CT molecular complexity index is 844. The fraction of sp³-hybridized carbons (Fsp3) is 0.200. The van der Waals surface area contributed by atoms with Gasteiger partial charge in [-0.25, -0.2) is 9.37 Å². The molecule has 26 heavy (non-hydrogen) atoms. The van der Waals surface area contributed by atoms with Gasteiger partial charge in [-0.3, -0.25) is 4.99 Å². The Morgan fingerprint density at radius 2 is 1.85 bits per heavy atom. The standard InChI is InChI=1S/C20H21FN4S/c1-22-20(23-12-11-15-7-9-17(21)10-8-15)24-13-18-14-26-19(25-18)16-5-3-2-4-6-16/h2-10,14H,11-13H2,1H3,(H2,22,23,24). The van der Waals surface area contributed by atoms with Crippen molar-refractivity contribution in [2.24, 2.45) is 4.99 Å². The van der Waals surface area contributed by atoms with Crippen LogP contribution in [0.3, 0.4) is 0 Å². The predicted molar refractivity (Wildman–Crippen MR) is 106 cm³/mol. The second-order valence-corrected chi connectivity index (χ2v) is 6.60. The molecule has 0 aliphatic rings. The first-order valence-electron chi connectivity index (χ1n) is 8.43. The summed E-state index contributed by atoms with van der Waals surface area (Å²) in [5.41, 5.74) is 3.20. The molecule has 3 aromatic rings. The molecule has 0 radical (unpaired) electrons. The monoisotopic (exact) mass is 368 g/mol. The van der Waals surface area contributed by atoms with E-state index in [2.05, 4.69) is 38.1 Å². The van der Waals surface area contributed by atoms with Crippen molar-refractivity contribution < 1.29 is 4.39 Å². The van der Waals surface area contributed by atoms with E-state index in [0.29, 0.717) is 6.54 Å². The van der Waals surface area contributed by atoms with Crippen LogP contribution in [0.15, 0.2) is 65.0 Å². The molecule has 1 heterocycles. The maximum Gasteiger partial charge on any atom is 0.191 e. The van der Waals surface area contributed by atoms with Gasteiger partial charge in [0.2, 0.25) is 0 Å². The van der Waals surface area contributed by atoms with Crippen molar-refractivity contribution in [2.75, 3.05) is 13.6 Å². The Morgan fingerprint density at radius 3 is 2.58 bits per heavy atom. The molecule has 1 aromatic heterocycles. The van der Waals surface area contributed by atoms with Gasteiger partial charge in [0.05, 0.1) is 12.2 Å². The molecule has 0 fully saturated rings. The molecule has 0 bridgehead atoms. The number of thiazole rings is 1. The van der Waals surface area contributed by atoms with E-state index < -0.39 is 0 Å². The summed E-state index contributed by atoms with van der Waals surface area (Å²) < 4.78 is 12.9. The fourth-order valence-electron chi connectivity index (χ4n) is 2.47. The van der Waals surface area contributed by atoms with E-state index in [1.165, 1.54) is 12.1 Å². The van der Waals surface area contributed by atoms with Gasteiger partial charge in [0.25, 0.3) is 0 Å². The molecule has 6 heteroatoms. The molecule has 0 aliphatic heterocycles. The van der Waals surface area contributed by atoms with Crippen LogP contribution < -0.4 is 10.6 Å². The van der Waals surface area contributed by atoms with Gasteiger partial charge in [0.15, 0.2) is 5.96 Å². The molecule has 0 unspecified atom stereocenters. The fourth-order valence-corrected chi connectivity index (χ4v) is 3.30. The van der Waals surface area contributed by atoms with E-state index in [1.54, 1.807) is 30.5 Å². The first kappa shape index (κ1) is 18.1. The summed E-state index contributed by atoms with van der Waals surface area (Å²) in [6.07, 6.45) is 0.801. The summed E-state index contributed by atoms with van der Waals surface area (Å²) in [5, 5.41) is 9.60. The molecule has 3 rings (SSSR count). The van der Waals surface area contributed by atoms with E-state index in [-0.39, 0.29) is 5.82 Å². The highest BCUT2D eigenvalue weighted by atomic mass is 32.1. The van der Waals surface area contributed by atoms with E-state index >= 15 is 0 Å². The van der Waals surface area contributed by atoms with Gasteiger partial charge < -0.3 is 10.6 Å². The van der Waals surface area contributed by atoms with E-state index in [1.807, 2.05) is 18.2 Å². The van der Waals surface area contributed by atoms with Gasteiger partial charge in [0.1, 0.15) is 10.8 Å². The Hall–Kier alpha value is -2.73. The van der Waals surface area contributed by atoms with Crippen molar-refractivity contribution in [3.05, 3.63) is 77.1 Å². The van der Waals surface area contributed by atoms with Gasteiger partial charge >= 0.3 is 0 Å². The van der Waals surface area contributed by atoms with Gasteiger partial charge in [-0.15, -0.1) is 11.3 Å². The van der Waals surface area contributed by atoms with Crippen molar-refractivity contribution in [2.45, 2.75) is 13.0 Å². The first-order valence-corrected chi connectivity index (χ1v) is 9.31. The highest BCUT2D eigenvalue weighted by Gasteiger charge is 2.05. The summed E-state index contributed by atoms with van der Waals surface area (Å²) in [5.74, 6) is 0.513. The topological polar surface area (TPSA) is 49.3 Å². The summed E-state index contributed by atoms with van der Waals surface area (Å²) >= 11 is 1.64. The van der Waals surface area contributed by atoms with Gasteiger partial charge in [-0.2, -0.15) is 0 Å². The van der Waals surface area contributed by atoms with Gasteiger partial charge in [0, 0.05) is 24.5 Å². The van der Waals surface area contributed by atoms with Crippen LogP contribution in [0.1, 0.15) is 11.3 Å². The number of guanidine groups is 1. The molecule has 0 saturated carbocycles. The number of aromatic nitrogens is 1. The normalized spacial score (nSPS) is 11.4. The second kappa shape index (κ2) is 9.10. The van der Waals surface area contributed by atoms with Crippen molar-refractivity contribution >= 4 is 17.3 Å². The summed E-state index contributed by atoms with van der Waals surface area (Å²) in [7, 11) is 1.74. The quantitative estimate of drug-likeness (QED) is 0.513. The van der Waals surface area contributed by atoms with Crippen molar-refractivity contribution in [3.8, 4) is 10.6 Å². The molecule has 2 N–H and O–H groups in total. The molecule has 0 atom stereocenters. The zero-order valence-electron chi connectivity index (χ0n) is 14.6. The third-order valence-corrected chi connectivity index (χ3v) is 4.79. The van der Waals surface area contributed by atoms with Crippen LogP contribution >= 0.6 is 11.3 Å². The number of hydrogen-bond acceptors (Lipinski definition) is 3. The zero-order chi connectivity index (χ0) is 18.2. The number of rotatable bonds is 6. The van der Waals surface area contributed by atoms with Crippen molar-refractivity contribution in [1.82, 2.24) is 15.6 Å². The lowest BCUT2D eigenvalue weighted by molar-refractivity contribution is 0.626. The Kier molecular flexibility index (Phi) is 6.33. The van der Waals surface area contributed by atoms with E-state index in [0.717, 1.165) is 40.8 Å². The molecule has 2 aromatic carbocycles. The third kappa shape index (κ3) is 5.13. The van der Waals surface area contributed by atoms with E-state index in [4.69, 9.17) is 0 Å². The Labute approximate surface area is 156 Å². The maximum absolute atomic E-state index is 12.9. The molecule has 0 aliphatic carbocycles. The molecule has 134 valence electrons. The highest BCUT2D eigenvalue weighted by molar-refractivity contribution is 7.13. The zero-order valence-corrected chi connectivity index (χ0v) is 15.4. The molecule has 0 saturated heterocycles. The number of aliphatic imine (C=N–C) groups is 1. The average molecular weight is 368 g/mol. The maximum atomic E-state index is 12.9. The van der Waals surface area contributed by atoms with Crippen LogP contribution in [0, 0.1) is 5.82 Å². The summed E-state index contributed by atoms with van der Waals surface area (Å²) in [6, 6.07) is 16.7. The van der Waals surface area contributed by atoms with Crippen molar-refractivity contribution in [3.63, 3.8) is 0 Å².